The Hall–Kier alpha value is -1.65. The molecule has 1 aromatic heterocycles. The highest BCUT2D eigenvalue weighted by molar-refractivity contribution is 6.31. The number of ether oxygens (including phenoxy) is 2. The van der Waals surface area contributed by atoms with E-state index in [0.29, 0.717) is 36.2 Å². The van der Waals surface area contributed by atoms with Gasteiger partial charge < -0.3 is 19.2 Å². The molecule has 0 aliphatic heterocycles. The summed E-state index contributed by atoms with van der Waals surface area (Å²) < 4.78 is 16.3. The molecule has 114 valence electrons. The summed E-state index contributed by atoms with van der Waals surface area (Å²) in [7, 11) is 1.63. The Bertz CT molecular complexity index is 555. The molecule has 4 nitrogen and oxygen atoms in total. The molecule has 0 amide bonds. The van der Waals surface area contributed by atoms with Crippen LogP contribution >= 0.6 is 11.6 Å². The lowest BCUT2D eigenvalue weighted by molar-refractivity contribution is 0.294. The number of rotatable bonds is 8. The standard InChI is InChI=1S/C16H20ClNO3/c1-3-6-21-16-9-14(17)12(8-15(16)19-2)10-18-11-13-5-4-7-20-13/h4-5,7-9,18H,3,6,10-11H2,1-2H3. The van der Waals surface area contributed by atoms with Crippen molar-refractivity contribution < 1.29 is 13.9 Å². The topological polar surface area (TPSA) is 43.6 Å². The van der Waals surface area contributed by atoms with E-state index >= 15 is 0 Å². The molecule has 0 fully saturated rings. The molecular weight excluding hydrogens is 290 g/mol. The maximum atomic E-state index is 6.30. The first-order valence-electron chi connectivity index (χ1n) is 6.97. The molecule has 0 aliphatic rings. The van der Waals surface area contributed by atoms with Gasteiger partial charge in [0.05, 0.1) is 26.5 Å². The minimum Gasteiger partial charge on any atom is -0.493 e. The maximum absolute atomic E-state index is 6.30. The summed E-state index contributed by atoms with van der Waals surface area (Å²) in [5.41, 5.74) is 0.962. The van der Waals surface area contributed by atoms with Gasteiger partial charge in [0.1, 0.15) is 5.76 Å². The molecule has 0 bridgehead atoms. The van der Waals surface area contributed by atoms with Crippen LogP contribution in [0.25, 0.3) is 0 Å². The van der Waals surface area contributed by atoms with Crippen molar-refractivity contribution in [2.45, 2.75) is 26.4 Å². The highest BCUT2D eigenvalue weighted by Crippen LogP contribution is 2.33. The quantitative estimate of drug-likeness (QED) is 0.800. The second-order valence-electron chi connectivity index (χ2n) is 4.63. The molecule has 0 radical (unpaired) electrons. The molecule has 0 aliphatic carbocycles. The highest BCUT2D eigenvalue weighted by atomic mass is 35.5. The predicted octanol–water partition coefficient (Wildman–Crippen LogP) is 4.02. The number of halogens is 1. The fourth-order valence-electron chi connectivity index (χ4n) is 1.93. The average Bonchev–Trinajstić information content (AvgIpc) is 3.00. The third-order valence-electron chi connectivity index (χ3n) is 2.99. The van der Waals surface area contributed by atoms with Crippen molar-refractivity contribution >= 4 is 11.6 Å². The number of methoxy groups -OCH3 is 1. The molecule has 21 heavy (non-hydrogen) atoms. The van der Waals surface area contributed by atoms with Gasteiger partial charge in [0.15, 0.2) is 11.5 Å². The number of hydrogen-bond acceptors (Lipinski definition) is 4. The van der Waals surface area contributed by atoms with Crippen molar-refractivity contribution in [1.29, 1.82) is 0 Å². The molecule has 0 saturated heterocycles. The molecule has 0 saturated carbocycles. The molecule has 2 rings (SSSR count). The van der Waals surface area contributed by atoms with E-state index < -0.39 is 0 Å². The molecule has 1 heterocycles. The van der Waals surface area contributed by atoms with E-state index in [4.69, 9.17) is 25.5 Å². The summed E-state index contributed by atoms with van der Waals surface area (Å²) in [5.74, 6) is 2.27. The van der Waals surface area contributed by atoms with Crippen molar-refractivity contribution in [2.75, 3.05) is 13.7 Å². The largest absolute Gasteiger partial charge is 0.493 e. The van der Waals surface area contributed by atoms with Crippen LogP contribution in [-0.4, -0.2) is 13.7 Å². The van der Waals surface area contributed by atoms with Gasteiger partial charge in [0, 0.05) is 17.6 Å². The SMILES string of the molecule is CCCOc1cc(Cl)c(CNCc2ccco2)cc1OC. The Balaban J connectivity index is 2.01. The molecular formula is C16H20ClNO3. The Morgan fingerprint density at radius 3 is 2.76 bits per heavy atom. The highest BCUT2D eigenvalue weighted by Gasteiger charge is 2.10. The summed E-state index contributed by atoms with van der Waals surface area (Å²) in [4.78, 5) is 0. The third-order valence-corrected chi connectivity index (χ3v) is 3.34. The summed E-state index contributed by atoms with van der Waals surface area (Å²) in [6.45, 7) is 3.98. The van der Waals surface area contributed by atoms with E-state index in [0.717, 1.165) is 17.7 Å². The van der Waals surface area contributed by atoms with E-state index in [2.05, 4.69) is 12.2 Å². The van der Waals surface area contributed by atoms with E-state index in [9.17, 15) is 0 Å². The fourth-order valence-corrected chi connectivity index (χ4v) is 2.15. The van der Waals surface area contributed by atoms with Crippen LogP contribution in [0.5, 0.6) is 11.5 Å². The van der Waals surface area contributed by atoms with Crippen molar-refractivity contribution in [2.24, 2.45) is 0 Å². The van der Waals surface area contributed by atoms with Gasteiger partial charge in [0.25, 0.3) is 0 Å². The van der Waals surface area contributed by atoms with Crippen LogP contribution < -0.4 is 14.8 Å². The smallest absolute Gasteiger partial charge is 0.162 e. The van der Waals surface area contributed by atoms with Gasteiger partial charge in [-0.25, -0.2) is 0 Å². The molecule has 0 unspecified atom stereocenters. The zero-order valence-corrected chi connectivity index (χ0v) is 13.1. The normalized spacial score (nSPS) is 10.6. The third kappa shape index (κ3) is 4.41. The molecule has 1 aromatic carbocycles. The van der Waals surface area contributed by atoms with Gasteiger partial charge in [0.2, 0.25) is 0 Å². The minimum absolute atomic E-state index is 0.629. The van der Waals surface area contributed by atoms with Gasteiger partial charge in [-0.1, -0.05) is 18.5 Å². The summed E-state index contributed by atoms with van der Waals surface area (Å²) >= 11 is 6.30. The van der Waals surface area contributed by atoms with Gasteiger partial charge in [-0.2, -0.15) is 0 Å². The number of furan rings is 1. The lowest BCUT2D eigenvalue weighted by Gasteiger charge is -2.13. The van der Waals surface area contributed by atoms with Crippen LogP contribution in [0.2, 0.25) is 5.02 Å². The van der Waals surface area contributed by atoms with Crippen LogP contribution in [-0.2, 0) is 13.1 Å². The van der Waals surface area contributed by atoms with E-state index in [1.165, 1.54) is 0 Å². The minimum atomic E-state index is 0.629. The molecule has 5 heteroatoms. The predicted molar refractivity (Wildman–Crippen MR) is 83.0 cm³/mol. The Labute approximate surface area is 130 Å². The molecule has 0 atom stereocenters. The maximum Gasteiger partial charge on any atom is 0.162 e. The Morgan fingerprint density at radius 2 is 2.10 bits per heavy atom. The molecule has 1 N–H and O–H groups in total. The van der Waals surface area contributed by atoms with Crippen LogP contribution in [0.1, 0.15) is 24.7 Å². The Kier molecular flexibility index (Phi) is 5.96. The second-order valence-corrected chi connectivity index (χ2v) is 5.03. The summed E-state index contributed by atoms with van der Waals surface area (Å²) in [5, 5.41) is 3.95. The first-order valence-corrected chi connectivity index (χ1v) is 7.34. The Morgan fingerprint density at radius 1 is 1.24 bits per heavy atom. The monoisotopic (exact) mass is 309 g/mol. The number of hydrogen-bond donors (Lipinski definition) is 1. The first kappa shape index (κ1) is 15.7. The van der Waals surface area contributed by atoms with Crippen LogP contribution in [0, 0.1) is 0 Å². The molecule has 2 aromatic rings. The summed E-state index contributed by atoms with van der Waals surface area (Å²) in [6, 6.07) is 7.51. The van der Waals surface area contributed by atoms with Crippen LogP contribution in [0.15, 0.2) is 34.9 Å². The lowest BCUT2D eigenvalue weighted by atomic mass is 10.2. The van der Waals surface area contributed by atoms with E-state index in [-0.39, 0.29) is 0 Å². The second kappa shape index (κ2) is 7.96. The molecule has 0 spiro atoms. The van der Waals surface area contributed by atoms with Gasteiger partial charge >= 0.3 is 0 Å². The zero-order chi connectivity index (χ0) is 15.1. The van der Waals surface area contributed by atoms with Crippen LogP contribution in [0.4, 0.5) is 0 Å². The summed E-state index contributed by atoms with van der Waals surface area (Å²) in [6.07, 6.45) is 2.60. The van der Waals surface area contributed by atoms with Crippen molar-refractivity contribution in [1.82, 2.24) is 5.32 Å². The zero-order valence-electron chi connectivity index (χ0n) is 12.3. The number of benzene rings is 1. The van der Waals surface area contributed by atoms with E-state index in [1.54, 1.807) is 19.4 Å². The first-order chi connectivity index (χ1) is 10.2. The lowest BCUT2D eigenvalue weighted by Crippen LogP contribution is -2.12. The number of nitrogens with one attached hydrogen (secondary N) is 1. The van der Waals surface area contributed by atoms with Gasteiger partial charge in [-0.3, -0.25) is 0 Å². The van der Waals surface area contributed by atoms with Crippen LogP contribution in [0.3, 0.4) is 0 Å². The van der Waals surface area contributed by atoms with Gasteiger partial charge in [-0.05, 0) is 30.2 Å². The van der Waals surface area contributed by atoms with Crippen molar-refractivity contribution in [3.8, 4) is 11.5 Å². The average molecular weight is 310 g/mol. The van der Waals surface area contributed by atoms with Crippen molar-refractivity contribution in [3.05, 3.63) is 46.9 Å². The fraction of sp³-hybridized carbons (Fsp3) is 0.375. The van der Waals surface area contributed by atoms with Gasteiger partial charge in [-0.15, -0.1) is 0 Å². The van der Waals surface area contributed by atoms with E-state index in [1.807, 2.05) is 18.2 Å². The van der Waals surface area contributed by atoms with Crippen molar-refractivity contribution in [3.63, 3.8) is 0 Å².